The predicted octanol–water partition coefficient (Wildman–Crippen LogP) is 4.26. The third kappa shape index (κ3) is 5.55. The molecule has 0 bridgehead atoms. The van der Waals surface area contributed by atoms with Gasteiger partial charge < -0.3 is 5.11 Å². The van der Waals surface area contributed by atoms with Crippen molar-refractivity contribution in [3.05, 3.63) is 80.9 Å². The molecule has 0 amide bonds. The molecule has 6 nitrogen and oxygen atoms in total. The lowest BCUT2D eigenvalue weighted by Crippen LogP contribution is -2.47. The van der Waals surface area contributed by atoms with Gasteiger partial charge in [-0.05, 0) is 30.5 Å². The van der Waals surface area contributed by atoms with E-state index in [4.69, 9.17) is 11.6 Å². The number of ketones is 1. The molecular formula is C21H23Cl2FN2O4. The summed E-state index contributed by atoms with van der Waals surface area (Å²) in [4.78, 5) is 24.6. The van der Waals surface area contributed by atoms with Gasteiger partial charge in [0, 0.05) is 28.6 Å². The van der Waals surface area contributed by atoms with Crippen LogP contribution in [0.4, 0.5) is 4.39 Å². The number of carbonyl (C=O) groups is 1. The standard InChI is InChI=1S/C21H22ClFN2O4.ClH/c22-17-8-6-16(7-9-17)21(27)10-12-24(13-11-21)19(23)14-18(25(28)29)20(26)15-4-2-1-3-5-15;/h1-9,18-19,27H,10-14H2;1H. The maximum absolute atomic E-state index is 14.9. The number of alkyl halides is 1. The molecule has 0 aromatic heterocycles. The minimum Gasteiger partial charge on any atom is -0.385 e. The first-order valence-electron chi connectivity index (χ1n) is 9.39. The van der Waals surface area contributed by atoms with E-state index in [1.165, 1.54) is 17.0 Å². The number of aliphatic hydroxyl groups is 1. The lowest BCUT2D eigenvalue weighted by molar-refractivity contribution is -0.508. The average molecular weight is 457 g/mol. The third-order valence-electron chi connectivity index (χ3n) is 5.44. The number of piperidine rings is 1. The highest BCUT2D eigenvalue weighted by Crippen LogP contribution is 2.34. The zero-order valence-corrected chi connectivity index (χ0v) is 17.7. The monoisotopic (exact) mass is 456 g/mol. The molecule has 2 unspecified atom stereocenters. The van der Waals surface area contributed by atoms with Gasteiger partial charge in [-0.2, -0.15) is 0 Å². The van der Waals surface area contributed by atoms with Crippen molar-refractivity contribution in [1.82, 2.24) is 4.90 Å². The Morgan fingerprint density at radius 1 is 1.17 bits per heavy atom. The summed E-state index contributed by atoms with van der Waals surface area (Å²) in [5.74, 6) is -0.701. The fourth-order valence-corrected chi connectivity index (χ4v) is 3.77. The topological polar surface area (TPSA) is 83.7 Å². The van der Waals surface area contributed by atoms with Crippen LogP contribution in [0.25, 0.3) is 0 Å². The Kier molecular flexibility index (Phi) is 8.32. The van der Waals surface area contributed by atoms with Gasteiger partial charge in [0.2, 0.25) is 5.78 Å². The van der Waals surface area contributed by atoms with E-state index in [1.807, 2.05) is 0 Å². The van der Waals surface area contributed by atoms with Gasteiger partial charge in [-0.3, -0.25) is 19.8 Å². The summed E-state index contributed by atoms with van der Waals surface area (Å²) in [5.41, 5.74) is -0.195. The second-order valence-electron chi connectivity index (χ2n) is 7.28. The van der Waals surface area contributed by atoms with Crippen LogP contribution < -0.4 is 0 Å². The van der Waals surface area contributed by atoms with Crippen LogP contribution in [0.15, 0.2) is 54.6 Å². The first-order valence-corrected chi connectivity index (χ1v) is 9.77. The molecule has 1 aliphatic heterocycles. The second kappa shape index (κ2) is 10.3. The summed E-state index contributed by atoms with van der Waals surface area (Å²) in [5, 5.41) is 22.8. The third-order valence-corrected chi connectivity index (χ3v) is 5.69. The van der Waals surface area contributed by atoms with Crippen LogP contribution in [0.1, 0.15) is 35.2 Å². The smallest absolute Gasteiger partial charge is 0.278 e. The van der Waals surface area contributed by atoms with Gasteiger partial charge in [0.1, 0.15) is 0 Å². The van der Waals surface area contributed by atoms with Crippen LogP contribution in [0.3, 0.4) is 0 Å². The van der Waals surface area contributed by atoms with E-state index in [2.05, 4.69) is 0 Å². The van der Waals surface area contributed by atoms with Crippen LogP contribution >= 0.6 is 24.0 Å². The summed E-state index contributed by atoms with van der Waals surface area (Å²) in [6, 6.07) is 13.1. The van der Waals surface area contributed by atoms with Crippen molar-refractivity contribution < 1.29 is 19.2 Å². The largest absolute Gasteiger partial charge is 0.385 e. The first kappa shape index (κ1) is 24.2. The zero-order chi connectivity index (χ0) is 21.0. The fraction of sp³-hybridized carbons (Fsp3) is 0.381. The Morgan fingerprint density at radius 2 is 1.73 bits per heavy atom. The molecule has 3 rings (SSSR count). The van der Waals surface area contributed by atoms with Crippen LogP contribution in [-0.2, 0) is 5.60 Å². The van der Waals surface area contributed by atoms with Crippen molar-refractivity contribution in [2.45, 2.75) is 37.2 Å². The Hall–Kier alpha value is -2.06. The quantitative estimate of drug-likeness (QED) is 0.291. The first-order chi connectivity index (χ1) is 13.8. The van der Waals surface area contributed by atoms with Gasteiger partial charge in [-0.15, -0.1) is 12.4 Å². The van der Waals surface area contributed by atoms with Gasteiger partial charge in [0.25, 0.3) is 6.04 Å². The van der Waals surface area contributed by atoms with Crippen LogP contribution in [-0.4, -0.2) is 46.1 Å². The lowest BCUT2D eigenvalue weighted by Gasteiger charge is -2.39. The molecule has 2 aromatic carbocycles. The number of likely N-dealkylation sites (tertiary alicyclic amines) is 1. The average Bonchev–Trinajstić information content (AvgIpc) is 2.72. The Morgan fingerprint density at radius 3 is 2.27 bits per heavy atom. The molecule has 2 atom stereocenters. The van der Waals surface area contributed by atoms with Gasteiger partial charge in [-0.25, -0.2) is 4.39 Å². The minimum atomic E-state index is -1.65. The van der Waals surface area contributed by atoms with Gasteiger partial charge in [0.15, 0.2) is 6.30 Å². The molecule has 1 fully saturated rings. The number of carbonyl (C=O) groups excluding carboxylic acids is 1. The van der Waals surface area contributed by atoms with Crippen molar-refractivity contribution in [2.75, 3.05) is 13.1 Å². The summed E-state index contributed by atoms with van der Waals surface area (Å²) in [6.07, 6.45) is -1.61. The van der Waals surface area contributed by atoms with Crippen molar-refractivity contribution in [3.63, 3.8) is 0 Å². The number of nitrogens with zero attached hydrogens (tertiary/aromatic N) is 2. The van der Waals surface area contributed by atoms with Crippen LogP contribution in [0.5, 0.6) is 0 Å². The van der Waals surface area contributed by atoms with E-state index < -0.39 is 35.1 Å². The number of Topliss-reactive ketones (excluding diaryl/α,β-unsaturated/α-hetero) is 1. The molecule has 1 aliphatic rings. The second-order valence-corrected chi connectivity index (χ2v) is 7.71. The molecule has 2 aromatic rings. The van der Waals surface area contributed by atoms with E-state index in [1.54, 1.807) is 42.5 Å². The Bertz CT molecular complexity index is 859. The van der Waals surface area contributed by atoms with Gasteiger partial charge in [-0.1, -0.05) is 54.1 Å². The van der Waals surface area contributed by atoms with E-state index in [0.717, 1.165) is 0 Å². The van der Waals surface area contributed by atoms with E-state index in [0.29, 0.717) is 10.6 Å². The van der Waals surface area contributed by atoms with E-state index in [9.17, 15) is 24.4 Å². The molecule has 9 heteroatoms. The number of nitro groups is 1. The number of halogens is 3. The molecular weight excluding hydrogens is 434 g/mol. The number of hydrogen-bond acceptors (Lipinski definition) is 5. The van der Waals surface area contributed by atoms with Crippen LogP contribution in [0, 0.1) is 10.1 Å². The summed E-state index contributed by atoms with van der Waals surface area (Å²) < 4.78 is 14.9. The number of benzene rings is 2. The van der Waals surface area contributed by atoms with Crippen molar-refractivity contribution in [2.24, 2.45) is 0 Å². The maximum Gasteiger partial charge on any atom is 0.278 e. The van der Waals surface area contributed by atoms with Crippen molar-refractivity contribution >= 4 is 29.8 Å². The Balaban J connectivity index is 0.00000320. The van der Waals surface area contributed by atoms with E-state index in [-0.39, 0.29) is 43.9 Å². The molecule has 1 heterocycles. The number of hydrogen-bond donors (Lipinski definition) is 1. The van der Waals surface area contributed by atoms with Crippen LogP contribution in [0.2, 0.25) is 5.02 Å². The molecule has 30 heavy (non-hydrogen) atoms. The highest BCUT2D eigenvalue weighted by atomic mass is 35.5. The van der Waals surface area contributed by atoms with Gasteiger partial charge >= 0.3 is 0 Å². The highest BCUT2D eigenvalue weighted by Gasteiger charge is 2.40. The highest BCUT2D eigenvalue weighted by molar-refractivity contribution is 6.30. The molecule has 1 N–H and O–H groups in total. The fourth-order valence-electron chi connectivity index (χ4n) is 3.64. The molecule has 0 aliphatic carbocycles. The maximum atomic E-state index is 14.9. The predicted molar refractivity (Wildman–Crippen MR) is 114 cm³/mol. The molecule has 1 saturated heterocycles. The summed E-state index contributed by atoms with van der Waals surface area (Å²) in [7, 11) is 0. The molecule has 0 spiro atoms. The normalized spacial score (nSPS) is 18.1. The SMILES string of the molecule is Cl.O=C(c1ccccc1)C(CC(F)N1CCC(O)(c2ccc(Cl)cc2)CC1)[N+](=O)[O-]. The van der Waals surface area contributed by atoms with E-state index >= 15 is 0 Å². The van der Waals surface area contributed by atoms with Crippen molar-refractivity contribution in [1.29, 1.82) is 0 Å². The Labute approximate surface area is 185 Å². The van der Waals surface area contributed by atoms with Gasteiger partial charge in [0.05, 0.1) is 12.0 Å². The lowest BCUT2D eigenvalue weighted by atomic mass is 9.84. The number of rotatable bonds is 7. The van der Waals surface area contributed by atoms with Crippen molar-refractivity contribution in [3.8, 4) is 0 Å². The molecule has 162 valence electrons. The minimum absolute atomic E-state index is 0. The molecule has 0 radical (unpaired) electrons. The zero-order valence-electron chi connectivity index (χ0n) is 16.1. The molecule has 0 saturated carbocycles. The summed E-state index contributed by atoms with van der Waals surface area (Å²) >= 11 is 5.88. The summed E-state index contributed by atoms with van der Waals surface area (Å²) in [6.45, 7) is 0.453.